The van der Waals surface area contributed by atoms with Crippen molar-refractivity contribution in [1.82, 2.24) is 19.9 Å². The van der Waals surface area contributed by atoms with Gasteiger partial charge in [0.25, 0.3) is 0 Å². The monoisotopic (exact) mass is 243 g/mol. The van der Waals surface area contributed by atoms with Crippen molar-refractivity contribution < 1.29 is 0 Å². The Labute approximate surface area is 107 Å². The van der Waals surface area contributed by atoms with Crippen LogP contribution >= 0.6 is 0 Å². The molecule has 0 aliphatic heterocycles. The van der Waals surface area contributed by atoms with E-state index < -0.39 is 0 Å². The molecule has 0 N–H and O–H groups in total. The van der Waals surface area contributed by atoms with Crippen molar-refractivity contribution >= 4 is 5.82 Å². The molecular formula is C13H17N5. The lowest BCUT2D eigenvalue weighted by Crippen LogP contribution is -2.19. The molecule has 2 heterocycles. The summed E-state index contributed by atoms with van der Waals surface area (Å²) in [6.45, 7) is 4.85. The average Bonchev–Trinajstić information content (AvgIpc) is 2.40. The van der Waals surface area contributed by atoms with Crippen molar-refractivity contribution in [2.75, 3.05) is 11.9 Å². The van der Waals surface area contributed by atoms with E-state index in [4.69, 9.17) is 0 Å². The maximum absolute atomic E-state index is 4.53. The molecule has 0 bridgehead atoms. The molecule has 18 heavy (non-hydrogen) atoms. The Morgan fingerprint density at radius 1 is 1.17 bits per heavy atom. The highest BCUT2D eigenvalue weighted by molar-refractivity contribution is 5.36. The zero-order valence-electron chi connectivity index (χ0n) is 10.9. The van der Waals surface area contributed by atoms with Gasteiger partial charge in [-0.1, -0.05) is 13.8 Å². The van der Waals surface area contributed by atoms with E-state index in [2.05, 4.69) is 33.8 Å². The number of hydrogen-bond donors (Lipinski definition) is 0. The summed E-state index contributed by atoms with van der Waals surface area (Å²) in [4.78, 5) is 19.1. The summed E-state index contributed by atoms with van der Waals surface area (Å²) in [5.74, 6) is 2.09. The third kappa shape index (κ3) is 3.00. The Morgan fingerprint density at radius 3 is 2.67 bits per heavy atom. The van der Waals surface area contributed by atoms with Crippen molar-refractivity contribution in [1.29, 1.82) is 0 Å². The molecule has 0 atom stereocenters. The summed E-state index contributed by atoms with van der Waals surface area (Å²) in [6, 6.07) is 1.91. The largest absolute Gasteiger partial charge is 0.354 e. The van der Waals surface area contributed by atoms with Crippen molar-refractivity contribution in [2.24, 2.45) is 0 Å². The standard InChI is InChI=1S/C13H17N5/c1-10(2)13-16-5-4-12(17-13)18(3)9-11-8-14-6-7-15-11/h4-8,10H,9H2,1-3H3. The molecule has 5 nitrogen and oxygen atoms in total. The number of aromatic nitrogens is 4. The summed E-state index contributed by atoms with van der Waals surface area (Å²) >= 11 is 0. The van der Waals surface area contributed by atoms with Crippen LogP contribution in [-0.4, -0.2) is 27.0 Å². The molecule has 94 valence electrons. The van der Waals surface area contributed by atoms with E-state index in [1.54, 1.807) is 24.8 Å². The highest BCUT2D eigenvalue weighted by Crippen LogP contribution is 2.14. The molecule has 0 aliphatic carbocycles. The Hall–Kier alpha value is -2.04. The van der Waals surface area contributed by atoms with Crippen molar-refractivity contribution in [3.63, 3.8) is 0 Å². The van der Waals surface area contributed by atoms with E-state index in [9.17, 15) is 0 Å². The third-order valence-corrected chi connectivity index (χ3v) is 2.58. The van der Waals surface area contributed by atoms with Crippen LogP contribution in [0.4, 0.5) is 5.82 Å². The SMILES string of the molecule is CC(C)c1nccc(N(C)Cc2cnccn2)n1. The van der Waals surface area contributed by atoms with E-state index in [0.29, 0.717) is 12.5 Å². The smallest absolute Gasteiger partial charge is 0.133 e. The first-order valence-electron chi connectivity index (χ1n) is 5.96. The zero-order valence-corrected chi connectivity index (χ0v) is 10.9. The Bertz CT molecular complexity index is 498. The quantitative estimate of drug-likeness (QED) is 0.822. The minimum Gasteiger partial charge on any atom is -0.354 e. The van der Waals surface area contributed by atoms with Crippen LogP contribution < -0.4 is 4.90 Å². The van der Waals surface area contributed by atoms with Gasteiger partial charge in [-0.3, -0.25) is 9.97 Å². The van der Waals surface area contributed by atoms with Crippen LogP contribution in [0.15, 0.2) is 30.9 Å². The lowest BCUT2D eigenvalue weighted by atomic mass is 10.2. The number of hydrogen-bond acceptors (Lipinski definition) is 5. The molecule has 0 radical (unpaired) electrons. The molecule has 0 saturated carbocycles. The summed E-state index contributed by atoms with van der Waals surface area (Å²) in [5, 5.41) is 0. The van der Waals surface area contributed by atoms with Gasteiger partial charge < -0.3 is 4.90 Å². The van der Waals surface area contributed by atoms with Gasteiger partial charge in [0, 0.05) is 31.6 Å². The molecule has 0 unspecified atom stereocenters. The van der Waals surface area contributed by atoms with Crippen LogP contribution in [0.5, 0.6) is 0 Å². The minimum absolute atomic E-state index is 0.329. The van der Waals surface area contributed by atoms with Gasteiger partial charge in [-0.2, -0.15) is 0 Å². The highest BCUT2D eigenvalue weighted by Gasteiger charge is 2.08. The van der Waals surface area contributed by atoms with Crippen LogP contribution in [0.2, 0.25) is 0 Å². The Morgan fingerprint density at radius 2 is 2.00 bits per heavy atom. The topological polar surface area (TPSA) is 54.8 Å². The molecule has 0 spiro atoms. The number of rotatable bonds is 4. The number of anilines is 1. The summed E-state index contributed by atoms with van der Waals surface area (Å²) in [5.41, 5.74) is 0.921. The second kappa shape index (κ2) is 5.53. The zero-order chi connectivity index (χ0) is 13.0. The van der Waals surface area contributed by atoms with E-state index in [0.717, 1.165) is 17.3 Å². The molecule has 0 amide bonds. The molecule has 0 aromatic carbocycles. The van der Waals surface area contributed by atoms with Gasteiger partial charge in [0.05, 0.1) is 18.4 Å². The van der Waals surface area contributed by atoms with Crippen molar-refractivity contribution in [2.45, 2.75) is 26.3 Å². The molecule has 2 aromatic heterocycles. The number of nitrogens with zero attached hydrogens (tertiary/aromatic N) is 5. The van der Waals surface area contributed by atoms with Crippen LogP contribution in [-0.2, 0) is 6.54 Å². The summed E-state index contributed by atoms with van der Waals surface area (Å²) in [6.07, 6.45) is 6.93. The first-order valence-corrected chi connectivity index (χ1v) is 5.96. The summed E-state index contributed by atoms with van der Waals surface area (Å²) in [7, 11) is 1.99. The first kappa shape index (κ1) is 12.4. The van der Waals surface area contributed by atoms with Gasteiger partial charge in [-0.25, -0.2) is 9.97 Å². The maximum atomic E-state index is 4.53. The van der Waals surface area contributed by atoms with Gasteiger partial charge in [0.15, 0.2) is 0 Å². The van der Waals surface area contributed by atoms with Crippen molar-refractivity contribution in [3.05, 3.63) is 42.4 Å². The lowest BCUT2D eigenvalue weighted by Gasteiger charge is -2.18. The van der Waals surface area contributed by atoms with E-state index >= 15 is 0 Å². The fourth-order valence-electron chi connectivity index (χ4n) is 1.59. The molecule has 2 rings (SSSR count). The molecule has 0 fully saturated rings. The fraction of sp³-hybridized carbons (Fsp3) is 0.385. The predicted molar refractivity (Wildman–Crippen MR) is 70.3 cm³/mol. The minimum atomic E-state index is 0.329. The normalized spacial score (nSPS) is 10.7. The van der Waals surface area contributed by atoms with Gasteiger partial charge in [-0.15, -0.1) is 0 Å². The second-order valence-electron chi connectivity index (χ2n) is 4.48. The molecular weight excluding hydrogens is 226 g/mol. The van der Waals surface area contributed by atoms with Gasteiger partial charge in [0.2, 0.25) is 0 Å². The fourth-order valence-corrected chi connectivity index (χ4v) is 1.59. The van der Waals surface area contributed by atoms with Crippen LogP contribution in [0.25, 0.3) is 0 Å². The maximum Gasteiger partial charge on any atom is 0.133 e. The lowest BCUT2D eigenvalue weighted by molar-refractivity contribution is 0.759. The highest BCUT2D eigenvalue weighted by atomic mass is 15.2. The van der Waals surface area contributed by atoms with Gasteiger partial charge in [0.1, 0.15) is 11.6 Å². The predicted octanol–water partition coefficient (Wildman–Crippen LogP) is 2.03. The van der Waals surface area contributed by atoms with Gasteiger partial charge >= 0.3 is 0 Å². The summed E-state index contributed by atoms with van der Waals surface area (Å²) < 4.78 is 0. The first-order chi connectivity index (χ1) is 8.66. The van der Waals surface area contributed by atoms with Crippen LogP contribution in [0.1, 0.15) is 31.3 Å². The second-order valence-corrected chi connectivity index (χ2v) is 4.48. The van der Waals surface area contributed by atoms with E-state index in [-0.39, 0.29) is 0 Å². The molecule has 5 heteroatoms. The van der Waals surface area contributed by atoms with Crippen molar-refractivity contribution in [3.8, 4) is 0 Å². The average molecular weight is 243 g/mol. The molecule has 2 aromatic rings. The Kier molecular flexibility index (Phi) is 3.82. The van der Waals surface area contributed by atoms with E-state index in [1.165, 1.54) is 0 Å². The molecule has 0 saturated heterocycles. The van der Waals surface area contributed by atoms with E-state index in [1.807, 2.05) is 18.0 Å². The Balaban J connectivity index is 2.14. The van der Waals surface area contributed by atoms with Gasteiger partial charge in [-0.05, 0) is 6.07 Å². The van der Waals surface area contributed by atoms with Crippen LogP contribution in [0.3, 0.4) is 0 Å². The molecule has 0 aliphatic rings. The third-order valence-electron chi connectivity index (χ3n) is 2.58. The van der Waals surface area contributed by atoms with Crippen LogP contribution in [0, 0.1) is 0 Å².